The van der Waals surface area contributed by atoms with Crippen LogP contribution < -0.4 is 61.1 Å². The normalized spacial score (nSPS) is 14.8. The maximum Gasteiger partial charge on any atom is 0.331 e. The van der Waals surface area contributed by atoms with Gasteiger partial charge in [0.15, 0.2) is 0 Å². The number of carboxylic acid groups (broad SMARTS) is 1. The lowest BCUT2D eigenvalue weighted by atomic mass is 10.1. The van der Waals surface area contributed by atoms with Gasteiger partial charge in [-0.25, -0.2) is 19.2 Å². The number of phenolic OH excluding ortho intramolecular Hbond substituents is 1. The number of para-hydroxylation sites is 2. The first kappa shape index (κ1) is 71.1. The summed E-state index contributed by atoms with van der Waals surface area (Å²) >= 11 is 0. The molecule has 0 radical (unpaired) electrons. The summed E-state index contributed by atoms with van der Waals surface area (Å²) in [4.78, 5) is 117. The van der Waals surface area contributed by atoms with Crippen LogP contribution in [0.5, 0.6) is 17.2 Å². The number of ether oxygens (including phenoxy) is 7. The Hall–Kier alpha value is -9.95. The van der Waals surface area contributed by atoms with Crippen LogP contribution in [-0.4, -0.2) is 154 Å². The van der Waals surface area contributed by atoms with Gasteiger partial charge in [-0.3, -0.25) is 24.0 Å². The molecular weight excluding hydrogens is 1200 g/mol. The van der Waals surface area contributed by atoms with Crippen molar-refractivity contribution in [2.75, 3.05) is 13.2 Å². The molecule has 5 aromatic carbocycles. The average Bonchev–Trinajstić information content (AvgIpc) is 1.84. The quantitative estimate of drug-likeness (QED) is 0.0124. The van der Waals surface area contributed by atoms with Gasteiger partial charge in [-0.15, -0.1) is 0 Å². The third-order valence-corrected chi connectivity index (χ3v) is 14.1. The zero-order valence-electron chi connectivity index (χ0n) is 50.1. The number of aromatic nitrogens is 2. The second-order valence-electron chi connectivity index (χ2n) is 21.5. The van der Waals surface area contributed by atoms with Crippen molar-refractivity contribution in [3.63, 3.8) is 0 Å². The fourth-order valence-electron chi connectivity index (χ4n) is 8.66. The van der Waals surface area contributed by atoms with E-state index in [-0.39, 0.29) is 37.2 Å². The molecule has 0 bridgehead atoms. The van der Waals surface area contributed by atoms with E-state index in [1.54, 1.807) is 42.6 Å². The van der Waals surface area contributed by atoms with E-state index in [9.17, 15) is 48.3 Å². The van der Waals surface area contributed by atoms with E-state index in [1.165, 1.54) is 50.2 Å². The second kappa shape index (κ2) is 33.8. The maximum atomic E-state index is 12.7. The Balaban J connectivity index is 0.000000411. The number of esters is 8. The van der Waals surface area contributed by atoms with E-state index >= 15 is 0 Å². The number of hydrogen-bond donors (Lipinski definition) is 13. The smallest absolute Gasteiger partial charge is 0.331 e. The third kappa shape index (κ3) is 21.1. The summed E-state index contributed by atoms with van der Waals surface area (Å²) in [6.07, 6.45) is 1.71. The van der Waals surface area contributed by atoms with Gasteiger partial charge in [0.1, 0.15) is 97.0 Å². The fraction of sp³-hybridized carbons (Fsp3) is 0.317. The Bertz CT molecular complexity index is 3680. The number of carbonyl (C=O) groups is 9. The zero-order chi connectivity index (χ0) is 67.3. The molecule has 0 fully saturated rings. The van der Waals surface area contributed by atoms with Crippen LogP contribution in [0.15, 0.2) is 134 Å². The number of benzene rings is 5. The van der Waals surface area contributed by atoms with Crippen molar-refractivity contribution in [3.05, 3.63) is 162 Å². The Morgan fingerprint density at radius 2 is 0.761 bits per heavy atom. The Morgan fingerprint density at radius 3 is 1.22 bits per heavy atom. The van der Waals surface area contributed by atoms with Gasteiger partial charge >= 0.3 is 53.7 Å². The van der Waals surface area contributed by atoms with Crippen LogP contribution in [0.3, 0.4) is 0 Å². The number of carbonyl (C=O) groups excluding carboxylic acids is 8. The number of phenols is 1. The summed E-state index contributed by atoms with van der Waals surface area (Å²) in [7, 11) is 0. The van der Waals surface area contributed by atoms with Crippen LogP contribution in [-0.2, 0) is 98.9 Å². The molecule has 0 unspecified atom stereocenters. The summed E-state index contributed by atoms with van der Waals surface area (Å²) < 4.78 is 35.9. The van der Waals surface area contributed by atoms with Crippen molar-refractivity contribution in [3.8, 4) is 17.2 Å². The first-order valence-corrected chi connectivity index (χ1v) is 28.7. The highest BCUT2D eigenvalue weighted by Crippen LogP contribution is 2.22. The van der Waals surface area contributed by atoms with Crippen LogP contribution in [0.25, 0.3) is 21.8 Å². The monoisotopic (exact) mass is 1270 g/mol. The number of nitrogens with one attached hydrogen (secondary N) is 2. The lowest BCUT2D eigenvalue weighted by Crippen LogP contribution is -2.51. The highest BCUT2D eigenvalue weighted by Gasteiger charge is 2.34. The van der Waals surface area contributed by atoms with Gasteiger partial charge in [0, 0.05) is 47.0 Å². The highest BCUT2D eigenvalue weighted by atomic mass is 16.6. The van der Waals surface area contributed by atoms with Gasteiger partial charge in [-0.2, -0.15) is 0 Å². The van der Waals surface area contributed by atoms with E-state index in [0.717, 1.165) is 38.5 Å². The number of fused-ring (bicyclic) bond motifs is 2. The number of aliphatic carboxylic acids is 1. The van der Waals surface area contributed by atoms with Crippen LogP contribution in [0.2, 0.25) is 0 Å². The van der Waals surface area contributed by atoms with Crippen molar-refractivity contribution >= 4 is 75.5 Å². The molecule has 11 atom stereocenters. The van der Waals surface area contributed by atoms with E-state index in [0.29, 0.717) is 23.3 Å². The number of H-pyrrole nitrogens is 2. The topological polar surface area (TPSA) is 524 Å². The summed E-state index contributed by atoms with van der Waals surface area (Å²) in [5.74, 6) is -8.16. The number of rotatable bonds is 29. The molecule has 7 aromatic rings. The summed E-state index contributed by atoms with van der Waals surface area (Å²) in [6, 6.07) is 22.4. The number of carboxylic acids is 1. The van der Waals surface area contributed by atoms with Crippen molar-refractivity contribution in [2.24, 2.45) is 51.6 Å². The van der Waals surface area contributed by atoms with Gasteiger partial charge in [0.05, 0.1) is 0 Å². The average molecular weight is 1270 g/mol. The molecule has 490 valence electrons. The molecule has 0 aliphatic rings. The molecule has 7 rings (SSSR count). The Kier molecular flexibility index (Phi) is 26.1. The van der Waals surface area contributed by atoms with Crippen LogP contribution in [0, 0.1) is 0 Å². The van der Waals surface area contributed by atoms with Crippen molar-refractivity contribution < 1.29 is 86.5 Å². The van der Waals surface area contributed by atoms with E-state index < -0.39 is 134 Å². The minimum Gasteiger partial charge on any atom is -0.508 e. The minimum absolute atomic E-state index is 0.0423. The molecular formula is C63H75N11O18. The third-order valence-electron chi connectivity index (χ3n) is 14.1. The predicted molar refractivity (Wildman–Crippen MR) is 331 cm³/mol. The van der Waals surface area contributed by atoms with E-state index in [2.05, 4.69) is 9.97 Å². The van der Waals surface area contributed by atoms with Gasteiger partial charge in [0.25, 0.3) is 0 Å². The van der Waals surface area contributed by atoms with Gasteiger partial charge in [0.2, 0.25) is 0 Å². The molecule has 0 saturated carbocycles. The number of hydrogen-bond acceptors (Lipinski definition) is 26. The zero-order valence-corrected chi connectivity index (χ0v) is 50.1. The second-order valence-corrected chi connectivity index (χ2v) is 21.5. The predicted octanol–water partition coefficient (Wildman–Crippen LogP) is -0.285. The molecule has 0 aliphatic heterocycles. The Morgan fingerprint density at radius 1 is 0.402 bits per heavy atom. The Labute approximate surface area is 526 Å². The summed E-state index contributed by atoms with van der Waals surface area (Å²) in [5.41, 5.74) is 58.3. The first-order chi connectivity index (χ1) is 43.7. The molecule has 0 spiro atoms. The molecule has 0 saturated heterocycles. The summed E-state index contributed by atoms with van der Waals surface area (Å²) in [5, 5.41) is 20.2. The highest BCUT2D eigenvalue weighted by molar-refractivity contribution is 5.91. The molecule has 29 nitrogen and oxygen atoms in total. The first-order valence-electron chi connectivity index (χ1n) is 28.7. The van der Waals surface area contributed by atoms with Gasteiger partial charge in [-0.1, -0.05) is 72.8 Å². The number of aromatic hydroxyl groups is 1. The van der Waals surface area contributed by atoms with Crippen LogP contribution in [0.1, 0.15) is 41.7 Å². The van der Waals surface area contributed by atoms with Crippen molar-refractivity contribution in [1.29, 1.82) is 0 Å². The van der Waals surface area contributed by atoms with Gasteiger partial charge in [-0.05, 0) is 109 Å². The molecule has 2 heterocycles. The van der Waals surface area contributed by atoms with E-state index in [4.69, 9.17) is 89.9 Å². The molecule has 0 amide bonds. The molecule has 22 N–H and O–H groups in total. The standard InChI is InChI=1S/C43H54N8O14.C20H21N3O4/c1-21(63-43(59)36(50)22(2)62-40(56)32(47)19-60-37(53)31(46)17-25-18-51-34-6-4-3-5-28(25)34)35(49)42(58)61-20-33(48)41(57)64-27-13-9-24(10-14-27)16-30(45)39(55)65-38(54)29(44)15-23-7-11-26(52)12-8-23;21-16(19(24)25)9-12-5-7-14(8-6-12)27-20(26)17(22)10-13-11-23-18-4-2-1-3-15(13)18/h3-14,18,21-22,29-33,35-36,51-52H,15-17,19-20,44-50H2,1-2H3;1-8,11,16-17,23H,9-10,21-22H2,(H,24,25)/t21-,22-,29+,30+,31+,32+,33+,35+,36+;16-,17-/m10/s1. The van der Waals surface area contributed by atoms with Gasteiger partial charge < -0.3 is 105 Å². The van der Waals surface area contributed by atoms with Crippen molar-refractivity contribution in [1.82, 2.24) is 9.97 Å². The molecule has 29 heteroatoms. The number of nitrogens with two attached hydrogens (primary N) is 9. The van der Waals surface area contributed by atoms with Crippen molar-refractivity contribution in [2.45, 2.75) is 113 Å². The fourth-order valence-corrected chi connectivity index (χ4v) is 8.66. The van der Waals surface area contributed by atoms with Crippen LogP contribution in [0.4, 0.5) is 0 Å². The lowest BCUT2D eigenvalue weighted by molar-refractivity contribution is -0.164. The molecule has 92 heavy (non-hydrogen) atoms. The molecule has 2 aromatic heterocycles. The van der Waals surface area contributed by atoms with Crippen LogP contribution >= 0.6 is 0 Å². The van der Waals surface area contributed by atoms with E-state index in [1.807, 2.05) is 54.7 Å². The largest absolute Gasteiger partial charge is 0.508 e. The number of aromatic amines is 2. The SMILES string of the molecule is C[C@@H](OC(=O)[C@@H](N)[C@@H](C)OC(=O)[C@@H](N)COC(=O)[C@@H](N)Cc1c[nH]c2ccccc12)[C@H](N)C(=O)OC[C@H](N)C(=O)Oc1ccc(C[C@H](N)C(=O)OC(=O)[C@@H](N)Cc2ccc(O)cc2)cc1.N[C@@H](Cc1ccc(OC(=O)[C@@H](N)Cc2c[nH]c3ccccc23)cc1)C(=O)O. The summed E-state index contributed by atoms with van der Waals surface area (Å²) in [6.45, 7) is 1.31. The minimum atomic E-state index is -1.56. The lowest BCUT2D eigenvalue weighted by Gasteiger charge is -2.24. The molecule has 0 aliphatic carbocycles. The maximum absolute atomic E-state index is 12.7.